The van der Waals surface area contributed by atoms with Gasteiger partial charge in [-0.1, -0.05) is 23.4 Å². The topological polar surface area (TPSA) is 63.8 Å². The zero-order chi connectivity index (χ0) is 14.1. The van der Waals surface area contributed by atoms with Crippen molar-refractivity contribution < 1.29 is 5.11 Å². The molecule has 0 saturated heterocycles. The van der Waals surface area contributed by atoms with Gasteiger partial charge in [0.1, 0.15) is 6.10 Å². The number of aryl methyl sites for hydroxylation is 2. The monoisotopic (exact) mass is 286 g/mol. The largest absolute Gasteiger partial charge is 0.381 e. The molecule has 1 unspecified atom stereocenters. The minimum Gasteiger partial charge on any atom is -0.381 e. The van der Waals surface area contributed by atoms with E-state index >= 15 is 0 Å². The van der Waals surface area contributed by atoms with Crippen LogP contribution in [-0.4, -0.2) is 25.1 Å². The molecule has 1 aromatic carbocycles. The fraction of sp³-hybridized carbons (Fsp3) is 0.214. The van der Waals surface area contributed by atoms with Gasteiger partial charge in [-0.2, -0.15) is 0 Å². The van der Waals surface area contributed by atoms with E-state index in [2.05, 4.69) is 15.3 Å². The smallest absolute Gasteiger partial charge is 0.134 e. The average molecular weight is 286 g/mol. The lowest BCUT2D eigenvalue weighted by Gasteiger charge is -2.11. The average Bonchev–Trinajstić information content (AvgIpc) is 3.05. The Morgan fingerprint density at radius 3 is 2.60 bits per heavy atom. The third-order valence-electron chi connectivity index (χ3n) is 3.04. The molecule has 20 heavy (non-hydrogen) atoms. The van der Waals surface area contributed by atoms with Crippen molar-refractivity contribution in [3.05, 3.63) is 57.8 Å². The molecule has 5 nitrogen and oxygen atoms in total. The second-order valence-electron chi connectivity index (χ2n) is 4.49. The Balaban J connectivity index is 2.04. The number of para-hydroxylation sites is 1. The maximum absolute atomic E-state index is 10.6. The lowest BCUT2D eigenvalue weighted by Crippen LogP contribution is -2.08. The molecule has 3 aromatic rings. The molecule has 3 rings (SSSR count). The van der Waals surface area contributed by atoms with Crippen LogP contribution in [0.4, 0.5) is 0 Å². The van der Waals surface area contributed by atoms with Gasteiger partial charge in [-0.15, -0.1) is 16.4 Å². The third-order valence-corrected chi connectivity index (χ3v) is 4.17. The molecule has 0 fully saturated rings. The summed E-state index contributed by atoms with van der Waals surface area (Å²) in [7, 11) is 0. The Kier molecular flexibility index (Phi) is 3.33. The first-order valence-corrected chi connectivity index (χ1v) is 7.06. The van der Waals surface area contributed by atoms with Crippen LogP contribution in [0.1, 0.15) is 27.4 Å². The maximum Gasteiger partial charge on any atom is 0.134 e. The van der Waals surface area contributed by atoms with Gasteiger partial charge in [0.25, 0.3) is 0 Å². The molecule has 0 radical (unpaired) electrons. The lowest BCUT2D eigenvalue weighted by molar-refractivity contribution is 0.215. The number of thiazole rings is 1. The van der Waals surface area contributed by atoms with Gasteiger partial charge in [0, 0.05) is 0 Å². The van der Waals surface area contributed by atoms with Gasteiger partial charge in [0.2, 0.25) is 0 Å². The number of aliphatic hydroxyl groups excluding tert-OH is 1. The normalized spacial score (nSPS) is 12.6. The first-order chi connectivity index (χ1) is 9.66. The van der Waals surface area contributed by atoms with Crippen LogP contribution in [0.15, 0.2) is 36.5 Å². The Bertz CT molecular complexity index is 720. The molecular weight excluding hydrogens is 272 g/mol. The van der Waals surface area contributed by atoms with Crippen molar-refractivity contribution in [1.82, 2.24) is 20.0 Å². The summed E-state index contributed by atoms with van der Waals surface area (Å²) in [6.45, 7) is 3.83. The van der Waals surface area contributed by atoms with E-state index in [1.807, 2.05) is 44.2 Å². The van der Waals surface area contributed by atoms with Crippen molar-refractivity contribution in [3.8, 4) is 5.69 Å². The molecule has 6 heteroatoms. The van der Waals surface area contributed by atoms with E-state index in [0.29, 0.717) is 5.69 Å². The van der Waals surface area contributed by atoms with Crippen LogP contribution in [0.5, 0.6) is 0 Å². The van der Waals surface area contributed by atoms with E-state index in [9.17, 15) is 5.11 Å². The number of benzene rings is 1. The van der Waals surface area contributed by atoms with Gasteiger partial charge in [-0.3, -0.25) is 0 Å². The molecule has 1 atom stereocenters. The standard InChI is InChI=1S/C14H14N4OS/c1-9-14(20-10(2)16-9)13(19)12-8-15-17-18(12)11-6-4-3-5-7-11/h3-8,13,19H,1-2H3. The predicted octanol–water partition coefficient (Wildman–Crippen LogP) is 2.42. The molecule has 0 aliphatic heterocycles. The quantitative estimate of drug-likeness (QED) is 0.803. The number of aliphatic hydroxyl groups is 1. The highest BCUT2D eigenvalue weighted by Gasteiger charge is 2.21. The molecule has 0 aliphatic carbocycles. The van der Waals surface area contributed by atoms with Crippen LogP contribution >= 0.6 is 11.3 Å². The zero-order valence-corrected chi connectivity index (χ0v) is 12.0. The van der Waals surface area contributed by atoms with E-state index in [0.717, 1.165) is 21.3 Å². The van der Waals surface area contributed by atoms with Crippen LogP contribution in [0.2, 0.25) is 0 Å². The van der Waals surface area contributed by atoms with E-state index in [4.69, 9.17) is 0 Å². The highest BCUT2D eigenvalue weighted by atomic mass is 32.1. The zero-order valence-electron chi connectivity index (χ0n) is 11.2. The molecule has 0 spiro atoms. The lowest BCUT2D eigenvalue weighted by atomic mass is 10.2. The summed E-state index contributed by atoms with van der Waals surface area (Å²) in [6.07, 6.45) is 0.822. The summed E-state index contributed by atoms with van der Waals surface area (Å²) in [5.41, 5.74) is 2.36. The van der Waals surface area contributed by atoms with Crippen LogP contribution in [-0.2, 0) is 0 Å². The third kappa shape index (κ3) is 2.23. The van der Waals surface area contributed by atoms with E-state index < -0.39 is 6.10 Å². The molecular formula is C14H14N4OS. The number of hydrogen-bond donors (Lipinski definition) is 1. The molecule has 0 amide bonds. The van der Waals surface area contributed by atoms with Gasteiger partial charge < -0.3 is 5.11 Å². The molecule has 0 saturated carbocycles. The second kappa shape index (κ2) is 5.15. The van der Waals surface area contributed by atoms with Gasteiger partial charge in [-0.25, -0.2) is 9.67 Å². The molecule has 2 heterocycles. The highest BCUT2D eigenvalue weighted by molar-refractivity contribution is 7.11. The maximum atomic E-state index is 10.6. The summed E-state index contributed by atoms with van der Waals surface area (Å²) in [4.78, 5) is 5.19. The van der Waals surface area contributed by atoms with Crippen LogP contribution in [0, 0.1) is 13.8 Å². The van der Waals surface area contributed by atoms with Crippen molar-refractivity contribution >= 4 is 11.3 Å². The summed E-state index contributed by atoms with van der Waals surface area (Å²) in [5, 5.41) is 19.5. The van der Waals surface area contributed by atoms with Crippen molar-refractivity contribution in [2.75, 3.05) is 0 Å². The first-order valence-electron chi connectivity index (χ1n) is 6.25. The summed E-state index contributed by atoms with van der Waals surface area (Å²) in [6, 6.07) is 9.64. The number of rotatable bonds is 3. The van der Waals surface area contributed by atoms with Crippen LogP contribution < -0.4 is 0 Å². The molecule has 1 N–H and O–H groups in total. The summed E-state index contributed by atoms with van der Waals surface area (Å²) >= 11 is 1.49. The Morgan fingerprint density at radius 2 is 1.95 bits per heavy atom. The minimum absolute atomic E-state index is 0.642. The van der Waals surface area contributed by atoms with Gasteiger partial charge in [-0.05, 0) is 26.0 Å². The molecule has 2 aromatic heterocycles. The summed E-state index contributed by atoms with van der Waals surface area (Å²) in [5.74, 6) is 0. The van der Waals surface area contributed by atoms with Crippen molar-refractivity contribution in [3.63, 3.8) is 0 Å². The van der Waals surface area contributed by atoms with Crippen LogP contribution in [0.3, 0.4) is 0 Å². The molecule has 0 aliphatic rings. The van der Waals surface area contributed by atoms with Gasteiger partial charge in [0.05, 0.1) is 33.2 Å². The Hall–Kier alpha value is -2.05. The summed E-state index contributed by atoms with van der Waals surface area (Å²) < 4.78 is 1.65. The minimum atomic E-state index is -0.767. The van der Waals surface area contributed by atoms with Gasteiger partial charge >= 0.3 is 0 Å². The number of aromatic nitrogens is 4. The van der Waals surface area contributed by atoms with Crippen LogP contribution in [0.25, 0.3) is 5.69 Å². The Morgan fingerprint density at radius 1 is 1.20 bits per heavy atom. The van der Waals surface area contributed by atoms with E-state index in [1.54, 1.807) is 10.9 Å². The van der Waals surface area contributed by atoms with Gasteiger partial charge in [0.15, 0.2) is 0 Å². The fourth-order valence-electron chi connectivity index (χ4n) is 2.13. The fourth-order valence-corrected chi connectivity index (χ4v) is 3.06. The second-order valence-corrected chi connectivity index (χ2v) is 5.73. The highest BCUT2D eigenvalue weighted by Crippen LogP contribution is 2.30. The molecule has 102 valence electrons. The van der Waals surface area contributed by atoms with E-state index in [1.165, 1.54) is 11.3 Å². The number of nitrogens with zero attached hydrogens (tertiary/aromatic N) is 4. The Labute approximate surface area is 120 Å². The van der Waals surface area contributed by atoms with Crippen molar-refractivity contribution in [2.24, 2.45) is 0 Å². The first kappa shape index (κ1) is 13.0. The van der Waals surface area contributed by atoms with Crippen molar-refractivity contribution in [1.29, 1.82) is 0 Å². The van der Waals surface area contributed by atoms with Crippen molar-refractivity contribution in [2.45, 2.75) is 20.0 Å². The predicted molar refractivity (Wildman–Crippen MR) is 77.0 cm³/mol. The molecule has 0 bridgehead atoms. The SMILES string of the molecule is Cc1nc(C)c(C(O)c2cnnn2-c2ccccc2)s1. The number of hydrogen-bond acceptors (Lipinski definition) is 5. The van der Waals surface area contributed by atoms with E-state index in [-0.39, 0.29) is 0 Å².